The first-order valence-electron chi connectivity index (χ1n) is 9.88. The quantitative estimate of drug-likeness (QED) is 0.643. The van der Waals surface area contributed by atoms with E-state index in [-0.39, 0.29) is 29.8 Å². The van der Waals surface area contributed by atoms with Crippen LogP contribution in [0.25, 0.3) is 0 Å². The van der Waals surface area contributed by atoms with Gasteiger partial charge >= 0.3 is 6.18 Å². The highest BCUT2D eigenvalue weighted by molar-refractivity contribution is 5.97. The fourth-order valence-electron chi connectivity index (χ4n) is 3.55. The number of nitrogens with one attached hydrogen (secondary N) is 2. The molecule has 1 saturated carbocycles. The van der Waals surface area contributed by atoms with E-state index in [4.69, 9.17) is 4.74 Å². The average Bonchev–Trinajstić information content (AvgIpc) is 2.74. The van der Waals surface area contributed by atoms with Crippen LogP contribution in [-0.2, 0) is 4.79 Å². The Bertz CT molecular complexity index is 933. The molecule has 0 heterocycles. The van der Waals surface area contributed by atoms with E-state index in [9.17, 15) is 27.2 Å². The number of benzene rings is 2. The van der Waals surface area contributed by atoms with E-state index in [1.165, 1.54) is 30.3 Å². The topological polar surface area (TPSA) is 67.4 Å². The van der Waals surface area contributed by atoms with E-state index < -0.39 is 42.4 Å². The molecule has 2 aromatic carbocycles. The van der Waals surface area contributed by atoms with Gasteiger partial charge in [-0.1, -0.05) is 30.7 Å². The minimum atomic E-state index is -4.28. The molecule has 1 aliphatic carbocycles. The largest absolute Gasteiger partial charge is 0.483 e. The smallest absolute Gasteiger partial charge is 0.391 e. The number of carbonyl (C=O) groups excluding carboxylic acids is 2. The van der Waals surface area contributed by atoms with E-state index in [0.29, 0.717) is 12.8 Å². The molecule has 2 aromatic rings. The molecule has 1 aliphatic rings. The molecule has 0 spiro atoms. The molecular formula is C22H22F4N2O3. The predicted octanol–water partition coefficient (Wildman–Crippen LogP) is 4.69. The first kappa shape index (κ1) is 22.6. The van der Waals surface area contributed by atoms with Gasteiger partial charge in [-0.2, -0.15) is 13.2 Å². The Kier molecular flexibility index (Phi) is 7.14. The molecule has 2 unspecified atom stereocenters. The fourth-order valence-corrected chi connectivity index (χ4v) is 3.55. The summed E-state index contributed by atoms with van der Waals surface area (Å²) in [5.41, 5.74) is 0.106. The van der Waals surface area contributed by atoms with Crippen LogP contribution in [0.1, 0.15) is 36.0 Å². The molecule has 0 saturated heterocycles. The lowest BCUT2D eigenvalue weighted by molar-refractivity contribution is -0.183. The van der Waals surface area contributed by atoms with Crippen LogP contribution >= 0.6 is 0 Å². The van der Waals surface area contributed by atoms with Gasteiger partial charge < -0.3 is 15.4 Å². The maximum Gasteiger partial charge on any atom is 0.391 e. The molecule has 0 radical (unpaired) electrons. The van der Waals surface area contributed by atoms with Gasteiger partial charge in [0.2, 0.25) is 0 Å². The van der Waals surface area contributed by atoms with Crippen molar-refractivity contribution in [2.45, 2.75) is 37.9 Å². The second-order valence-electron chi connectivity index (χ2n) is 7.39. The van der Waals surface area contributed by atoms with Crippen molar-refractivity contribution < 1.29 is 31.9 Å². The molecule has 2 amide bonds. The third-order valence-electron chi connectivity index (χ3n) is 5.11. The molecular weight excluding hydrogens is 416 g/mol. The highest BCUT2D eigenvalue weighted by Gasteiger charge is 2.42. The molecule has 9 heteroatoms. The van der Waals surface area contributed by atoms with Crippen LogP contribution in [0.3, 0.4) is 0 Å². The molecule has 166 valence electrons. The predicted molar refractivity (Wildman–Crippen MR) is 106 cm³/mol. The van der Waals surface area contributed by atoms with Gasteiger partial charge in [-0.05, 0) is 43.5 Å². The lowest BCUT2D eigenvalue weighted by atomic mass is 9.85. The van der Waals surface area contributed by atoms with Crippen LogP contribution in [0.15, 0.2) is 48.5 Å². The Hall–Kier alpha value is -3.10. The molecule has 0 bridgehead atoms. The first-order valence-corrected chi connectivity index (χ1v) is 9.88. The molecule has 0 aliphatic heterocycles. The van der Waals surface area contributed by atoms with E-state index in [1.54, 1.807) is 18.2 Å². The maximum atomic E-state index is 13.6. The van der Waals surface area contributed by atoms with Crippen LogP contribution in [0.2, 0.25) is 0 Å². The minimum absolute atomic E-state index is 0.00125. The zero-order valence-electron chi connectivity index (χ0n) is 16.5. The van der Waals surface area contributed by atoms with Crippen molar-refractivity contribution in [1.82, 2.24) is 5.32 Å². The molecule has 3 rings (SSSR count). The number of alkyl halides is 3. The van der Waals surface area contributed by atoms with Crippen LogP contribution in [0, 0.1) is 11.7 Å². The highest BCUT2D eigenvalue weighted by Crippen LogP contribution is 2.37. The minimum Gasteiger partial charge on any atom is -0.483 e. The van der Waals surface area contributed by atoms with Gasteiger partial charge in [0.05, 0.1) is 17.2 Å². The van der Waals surface area contributed by atoms with E-state index >= 15 is 0 Å². The summed E-state index contributed by atoms with van der Waals surface area (Å²) in [6.07, 6.45) is -3.54. The average molecular weight is 438 g/mol. The summed E-state index contributed by atoms with van der Waals surface area (Å²) in [6.45, 7) is -0.474. The van der Waals surface area contributed by atoms with E-state index in [2.05, 4.69) is 10.6 Å². The Morgan fingerprint density at radius 3 is 2.48 bits per heavy atom. The summed E-state index contributed by atoms with van der Waals surface area (Å²) in [7, 11) is 0. The second-order valence-corrected chi connectivity index (χ2v) is 7.39. The van der Waals surface area contributed by atoms with Crippen molar-refractivity contribution >= 4 is 17.5 Å². The number of rotatable bonds is 6. The summed E-state index contributed by atoms with van der Waals surface area (Å²) >= 11 is 0. The van der Waals surface area contributed by atoms with Crippen molar-refractivity contribution in [2.75, 3.05) is 11.9 Å². The monoisotopic (exact) mass is 438 g/mol. The van der Waals surface area contributed by atoms with Crippen LogP contribution in [-0.4, -0.2) is 30.6 Å². The lowest BCUT2D eigenvalue weighted by Crippen LogP contribution is -2.41. The molecule has 0 aromatic heterocycles. The molecule has 2 N–H and O–H groups in total. The third kappa shape index (κ3) is 6.19. The first-order chi connectivity index (χ1) is 14.7. The molecule has 2 atom stereocenters. The van der Waals surface area contributed by atoms with Crippen LogP contribution < -0.4 is 15.4 Å². The Morgan fingerprint density at radius 1 is 1.03 bits per heavy atom. The van der Waals surface area contributed by atoms with Gasteiger partial charge in [-0.3, -0.25) is 9.59 Å². The summed E-state index contributed by atoms with van der Waals surface area (Å²) < 4.78 is 58.1. The Balaban J connectivity index is 1.60. The van der Waals surface area contributed by atoms with Gasteiger partial charge in [-0.15, -0.1) is 0 Å². The SMILES string of the molecule is O=C(COc1ccccc1C(=O)NC1CCCC(C(F)(F)F)C1)Nc1ccccc1F. The summed E-state index contributed by atoms with van der Waals surface area (Å²) in [4.78, 5) is 24.7. The van der Waals surface area contributed by atoms with Crippen molar-refractivity contribution in [3.8, 4) is 5.75 Å². The van der Waals surface area contributed by atoms with Crippen molar-refractivity contribution in [3.63, 3.8) is 0 Å². The lowest BCUT2D eigenvalue weighted by Gasteiger charge is -2.31. The standard InChI is InChI=1S/C22H22F4N2O3/c23-17-9-2-3-10-18(17)28-20(29)13-31-19-11-4-1-8-16(19)21(30)27-15-7-5-6-14(12-15)22(24,25)26/h1-4,8-11,14-15H,5-7,12-13H2,(H,27,30)(H,28,29). The number of hydrogen-bond acceptors (Lipinski definition) is 3. The normalized spacial score (nSPS) is 18.8. The summed E-state index contributed by atoms with van der Waals surface area (Å²) in [5.74, 6) is -3.12. The molecule has 5 nitrogen and oxygen atoms in total. The van der Waals surface area contributed by atoms with Gasteiger partial charge in [-0.25, -0.2) is 4.39 Å². The summed E-state index contributed by atoms with van der Waals surface area (Å²) in [5, 5.41) is 5.01. The van der Waals surface area contributed by atoms with Crippen molar-refractivity contribution in [2.24, 2.45) is 5.92 Å². The zero-order valence-corrected chi connectivity index (χ0v) is 16.5. The number of ether oxygens (including phenoxy) is 1. The number of amides is 2. The van der Waals surface area contributed by atoms with Crippen molar-refractivity contribution in [1.29, 1.82) is 0 Å². The van der Waals surface area contributed by atoms with Gasteiger partial charge in [0, 0.05) is 6.04 Å². The van der Waals surface area contributed by atoms with E-state index in [1.807, 2.05) is 0 Å². The Morgan fingerprint density at radius 2 is 1.74 bits per heavy atom. The van der Waals surface area contributed by atoms with E-state index in [0.717, 1.165) is 0 Å². The number of anilines is 1. The van der Waals surface area contributed by atoms with Gasteiger partial charge in [0.1, 0.15) is 11.6 Å². The molecule has 31 heavy (non-hydrogen) atoms. The maximum absolute atomic E-state index is 13.6. The molecule has 1 fully saturated rings. The third-order valence-corrected chi connectivity index (χ3v) is 5.11. The highest BCUT2D eigenvalue weighted by atomic mass is 19.4. The van der Waals surface area contributed by atoms with Crippen LogP contribution in [0.4, 0.5) is 23.2 Å². The number of para-hydroxylation sites is 2. The second kappa shape index (κ2) is 9.80. The number of carbonyl (C=O) groups is 2. The van der Waals surface area contributed by atoms with Crippen molar-refractivity contribution in [3.05, 3.63) is 59.9 Å². The summed E-state index contributed by atoms with van der Waals surface area (Å²) in [6, 6.07) is 11.2. The number of halogens is 4. The number of hydrogen-bond donors (Lipinski definition) is 2. The van der Waals surface area contributed by atoms with Crippen LogP contribution in [0.5, 0.6) is 5.75 Å². The fraction of sp³-hybridized carbons (Fsp3) is 0.364. The van der Waals surface area contributed by atoms with Gasteiger partial charge in [0.25, 0.3) is 11.8 Å². The Labute approximate surface area is 176 Å². The zero-order chi connectivity index (χ0) is 22.4. The van der Waals surface area contributed by atoms with Gasteiger partial charge in [0.15, 0.2) is 6.61 Å².